The third-order valence-electron chi connectivity index (χ3n) is 5.16. The van der Waals surface area contributed by atoms with Gasteiger partial charge in [-0.1, -0.05) is 46.0 Å². The second-order valence-electron chi connectivity index (χ2n) is 8.42. The fourth-order valence-corrected chi connectivity index (χ4v) is 7.57. The van der Waals surface area contributed by atoms with Gasteiger partial charge in [-0.25, -0.2) is 12.8 Å². The van der Waals surface area contributed by atoms with Crippen molar-refractivity contribution in [2.24, 2.45) is 10.8 Å². The van der Waals surface area contributed by atoms with Crippen LogP contribution in [0.4, 0.5) is 0 Å². The number of carboxylic acid groups (broad SMARTS) is 2. The first kappa shape index (κ1) is 21.6. The molecule has 1 aliphatic carbocycles. The van der Waals surface area contributed by atoms with Crippen LogP contribution in [0.25, 0.3) is 0 Å². The van der Waals surface area contributed by atoms with Gasteiger partial charge in [0.15, 0.2) is 0 Å². The fourth-order valence-electron chi connectivity index (χ4n) is 2.10. The Bertz CT molecular complexity index is 762. The van der Waals surface area contributed by atoms with E-state index in [0.29, 0.717) is 0 Å². The van der Waals surface area contributed by atoms with E-state index in [2.05, 4.69) is 4.39 Å². The summed E-state index contributed by atoms with van der Waals surface area (Å²) >= 11 is 0. The summed E-state index contributed by atoms with van der Waals surface area (Å²) in [6.45, 7) is 12.0. The lowest BCUT2D eigenvalue weighted by Gasteiger charge is -2.39. The van der Waals surface area contributed by atoms with Gasteiger partial charge < -0.3 is 10.2 Å². The molecule has 7 nitrogen and oxygen atoms in total. The molecular formula is C16H27NO6SSi. The molecule has 0 amide bonds. The molecule has 9 heteroatoms. The van der Waals surface area contributed by atoms with Crippen LogP contribution in [0.2, 0.25) is 18.1 Å². The molecule has 0 aromatic carbocycles. The Morgan fingerprint density at radius 1 is 1.08 bits per heavy atom. The zero-order chi connectivity index (χ0) is 20.1. The summed E-state index contributed by atoms with van der Waals surface area (Å²) in [5, 5.41) is 18.7. The molecule has 142 valence electrons. The Morgan fingerprint density at radius 3 is 1.92 bits per heavy atom. The van der Waals surface area contributed by atoms with Crippen molar-refractivity contribution in [3.8, 4) is 0 Å². The lowest BCUT2D eigenvalue weighted by Crippen LogP contribution is -2.56. The van der Waals surface area contributed by atoms with E-state index >= 15 is 0 Å². The number of rotatable bonds is 5. The highest BCUT2D eigenvalue weighted by Gasteiger charge is 2.50. The van der Waals surface area contributed by atoms with Gasteiger partial charge in [0.05, 0.1) is 4.91 Å². The fraction of sp³-hybridized carbons (Fsp3) is 0.625. The molecule has 0 aliphatic heterocycles. The average molecular weight is 390 g/mol. The molecule has 0 bridgehead atoms. The summed E-state index contributed by atoms with van der Waals surface area (Å²) in [6.07, 6.45) is 3.39. The molecule has 0 saturated carbocycles. The van der Waals surface area contributed by atoms with Crippen LogP contribution < -0.4 is 4.39 Å². The van der Waals surface area contributed by atoms with Crippen LogP contribution in [0.15, 0.2) is 23.1 Å². The Balaban J connectivity index is 3.58. The summed E-state index contributed by atoms with van der Waals surface area (Å²) < 4.78 is 28.8. The monoisotopic (exact) mass is 389 g/mol. The maximum atomic E-state index is 13.0. The summed E-state index contributed by atoms with van der Waals surface area (Å²) in [4.78, 5) is 22.8. The van der Waals surface area contributed by atoms with Gasteiger partial charge in [-0.3, -0.25) is 9.59 Å². The van der Waals surface area contributed by atoms with E-state index in [1.807, 2.05) is 33.9 Å². The SMILES string of the molecule is CC1(C(=O)O)C=CC(C)(C(=O)O)C(S(=O)(=O)N[Si](C)(C)C(C)(C)C)=C1. The van der Waals surface area contributed by atoms with Gasteiger partial charge in [0.25, 0.3) is 0 Å². The number of carbonyl (C=O) groups is 2. The van der Waals surface area contributed by atoms with Crippen LogP contribution in [0.3, 0.4) is 0 Å². The van der Waals surface area contributed by atoms with Gasteiger partial charge in [-0.2, -0.15) is 0 Å². The van der Waals surface area contributed by atoms with Gasteiger partial charge in [-0.15, -0.1) is 0 Å². The van der Waals surface area contributed by atoms with Crippen LogP contribution in [-0.2, 0) is 19.6 Å². The molecule has 0 spiro atoms. The molecular weight excluding hydrogens is 362 g/mol. The summed E-state index contributed by atoms with van der Waals surface area (Å²) in [5.41, 5.74) is -3.42. The molecule has 2 unspecified atom stereocenters. The van der Waals surface area contributed by atoms with Crippen molar-refractivity contribution in [3.05, 3.63) is 23.1 Å². The lowest BCUT2D eigenvalue weighted by atomic mass is 9.76. The first-order valence-corrected chi connectivity index (χ1v) is 12.3. The number of nitrogens with one attached hydrogen (secondary N) is 1. The molecule has 1 rings (SSSR count). The highest BCUT2D eigenvalue weighted by Crippen LogP contribution is 2.43. The lowest BCUT2D eigenvalue weighted by molar-refractivity contribution is -0.145. The van der Waals surface area contributed by atoms with Crippen molar-refractivity contribution in [2.45, 2.75) is 52.8 Å². The topological polar surface area (TPSA) is 121 Å². The average Bonchev–Trinajstić information content (AvgIpc) is 2.38. The summed E-state index contributed by atoms with van der Waals surface area (Å²) in [7, 11) is -6.74. The number of hydrogen-bond donors (Lipinski definition) is 3. The van der Waals surface area contributed by atoms with Crippen molar-refractivity contribution in [1.82, 2.24) is 4.39 Å². The van der Waals surface area contributed by atoms with E-state index < -0.39 is 45.9 Å². The second kappa shape index (κ2) is 6.06. The Kier molecular flexibility index (Phi) is 5.24. The van der Waals surface area contributed by atoms with Crippen LogP contribution in [-0.4, -0.2) is 38.8 Å². The van der Waals surface area contributed by atoms with Gasteiger partial charge in [0.1, 0.15) is 19.1 Å². The Labute approximate surface area is 150 Å². The first-order chi connectivity index (χ1) is 10.9. The molecule has 0 heterocycles. The van der Waals surface area contributed by atoms with Crippen molar-refractivity contribution in [2.75, 3.05) is 0 Å². The first-order valence-electron chi connectivity index (χ1n) is 7.84. The predicted octanol–water partition coefficient (Wildman–Crippen LogP) is 2.55. The van der Waals surface area contributed by atoms with Gasteiger partial charge in [0, 0.05) is 0 Å². The summed E-state index contributed by atoms with van der Waals surface area (Å²) in [5.74, 6) is -2.61. The number of sulfonamides is 1. The van der Waals surface area contributed by atoms with E-state index in [1.54, 1.807) is 0 Å². The molecule has 0 fully saturated rings. The molecule has 2 atom stereocenters. The minimum atomic E-state index is -4.20. The molecule has 3 N–H and O–H groups in total. The molecule has 25 heavy (non-hydrogen) atoms. The van der Waals surface area contributed by atoms with E-state index in [0.717, 1.165) is 12.2 Å². The predicted molar refractivity (Wildman–Crippen MR) is 98.0 cm³/mol. The molecule has 0 radical (unpaired) electrons. The highest BCUT2D eigenvalue weighted by molar-refractivity contribution is 7.94. The van der Waals surface area contributed by atoms with Crippen LogP contribution >= 0.6 is 0 Å². The maximum Gasteiger partial charge on any atom is 0.318 e. The number of aliphatic carboxylic acids is 2. The normalized spacial score (nSPS) is 27.7. The zero-order valence-corrected chi connectivity index (χ0v) is 17.5. The molecule has 0 saturated heterocycles. The molecule has 0 aromatic rings. The van der Waals surface area contributed by atoms with Crippen molar-refractivity contribution in [3.63, 3.8) is 0 Å². The molecule has 1 aliphatic rings. The quantitative estimate of drug-likeness (QED) is 0.491. The van der Waals surface area contributed by atoms with Crippen molar-refractivity contribution < 1.29 is 28.2 Å². The number of hydrogen-bond acceptors (Lipinski definition) is 4. The Hall–Kier alpha value is -1.45. The van der Waals surface area contributed by atoms with E-state index in [1.165, 1.54) is 19.9 Å². The highest BCUT2D eigenvalue weighted by atomic mass is 32.2. The smallest absolute Gasteiger partial charge is 0.318 e. The number of carboxylic acids is 2. The van der Waals surface area contributed by atoms with Crippen LogP contribution in [0, 0.1) is 10.8 Å². The van der Waals surface area contributed by atoms with E-state index in [9.17, 15) is 28.2 Å². The van der Waals surface area contributed by atoms with Crippen LogP contribution in [0.5, 0.6) is 0 Å². The maximum absolute atomic E-state index is 13.0. The standard InChI is InChI=1S/C16H27NO6SSi/c1-14(2,3)25(6,7)17-24(22,23)11-10-15(4,12(18)19)8-9-16(11,5)13(20)21/h8-10,17H,1-7H3,(H,18,19)(H,20,21). The third kappa shape index (κ3) is 3.88. The summed E-state index contributed by atoms with van der Waals surface area (Å²) in [6, 6.07) is 0. The minimum absolute atomic E-state index is 0.319. The largest absolute Gasteiger partial charge is 0.480 e. The van der Waals surface area contributed by atoms with Gasteiger partial charge in [0.2, 0.25) is 10.0 Å². The van der Waals surface area contributed by atoms with Crippen molar-refractivity contribution in [1.29, 1.82) is 0 Å². The zero-order valence-electron chi connectivity index (χ0n) is 15.7. The minimum Gasteiger partial charge on any atom is -0.480 e. The van der Waals surface area contributed by atoms with Gasteiger partial charge in [-0.05, 0) is 25.0 Å². The van der Waals surface area contributed by atoms with Crippen molar-refractivity contribution >= 4 is 30.2 Å². The van der Waals surface area contributed by atoms with Crippen LogP contribution in [0.1, 0.15) is 34.6 Å². The van der Waals surface area contributed by atoms with Gasteiger partial charge >= 0.3 is 11.9 Å². The third-order valence-corrected chi connectivity index (χ3v) is 13.2. The molecule has 0 aromatic heterocycles. The second-order valence-corrected chi connectivity index (χ2v) is 15.4. The van der Waals surface area contributed by atoms with E-state index in [4.69, 9.17) is 0 Å². The van der Waals surface area contributed by atoms with E-state index in [-0.39, 0.29) is 5.04 Å². The Morgan fingerprint density at radius 2 is 1.56 bits per heavy atom.